The van der Waals surface area contributed by atoms with E-state index < -0.39 is 31.5 Å². The Bertz CT molecular complexity index is 1910. The summed E-state index contributed by atoms with van der Waals surface area (Å²) in [5, 5.41) is 17.0. The van der Waals surface area contributed by atoms with Crippen molar-refractivity contribution in [3.8, 4) is 0 Å². The minimum absolute atomic E-state index is 0.821. The number of fused-ring (bicyclic) bond motifs is 2. The van der Waals surface area contributed by atoms with E-state index in [0.29, 0.717) is 0 Å². The fourth-order valence-corrected chi connectivity index (χ4v) is 13.9. The van der Waals surface area contributed by atoms with E-state index in [-0.39, 0.29) is 0 Å². The van der Waals surface area contributed by atoms with Crippen molar-refractivity contribution in [2.75, 3.05) is 81.6 Å². The molecule has 0 N–H and O–H groups in total. The minimum Gasteiger partial charge on any atom is -0.183 e. The second-order valence-electron chi connectivity index (χ2n) is 14.5. The fraction of sp³-hybridized carbons (Fsp3) is 0.600. The summed E-state index contributed by atoms with van der Waals surface area (Å²) in [4.78, 5) is 3.24. The van der Waals surface area contributed by atoms with Gasteiger partial charge in [0.25, 0.3) is 0 Å². The van der Waals surface area contributed by atoms with Crippen molar-refractivity contribution in [2.45, 2.75) is 38.5 Å². The van der Waals surface area contributed by atoms with Gasteiger partial charge < -0.3 is 0 Å². The molecule has 346 valence electrons. The van der Waals surface area contributed by atoms with Gasteiger partial charge in [0.15, 0.2) is 0 Å². The van der Waals surface area contributed by atoms with Crippen LogP contribution in [0.1, 0.15) is 38.5 Å². The molecule has 4 aromatic rings. The van der Waals surface area contributed by atoms with Crippen molar-refractivity contribution in [1.82, 2.24) is 58.3 Å². The number of nitrogens with zero attached hydrogens (tertiary/aromatic N) is 12. The maximum Gasteiger partial charge on any atom is 0.451 e. The zero-order valence-corrected chi connectivity index (χ0v) is 37.2. The zero-order chi connectivity index (χ0) is 45.1. The molecule has 0 unspecified atom stereocenters. The average Bonchev–Trinajstić information content (AvgIpc) is 3.95. The second kappa shape index (κ2) is 16.9. The summed E-state index contributed by atoms with van der Waals surface area (Å²) >= 11 is 0. The van der Waals surface area contributed by atoms with Gasteiger partial charge in [0.1, 0.15) is 22.1 Å². The van der Waals surface area contributed by atoms with Crippen molar-refractivity contribution in [1.29, 1.82) is 0 Å². The van der Waals surface area contributed by atoms with Gasteiger partial charge in [-0.15, -0.1) is 38.2 Å². The Morgan fingerprint density at radius 1 is 0.467 bits per heavy atom. The van der Waals surface area contributed by atoms with E-state index in [0.717, 1.165) is 61.3 Å². The number of aromatic nitrogens is 6. The van der Waals surface area contributed by atoms with E-state index in [1.54, 1.807) is 4.85 Å². The molecular weight excluding hydrogens is 912 g/mol. The van der Waals surface area contributed by atoms with Crippen LogP contribution in [0.3, 0.4) is 0 Å². The molecule has 2 aromatic carbocycles. The van der Waals surface area contributed by atoms with Gasteiger partial charge in [-0.2, -0.15) is 9.25 Å². The summed E-state index contributed by atoms with van der Waals surface area (Å²) < 4.78 is 146. The number of halogens is 12. The smallest absolute Gasteiger partial charge is 0.183 e. The molecule has 2 aromatic heterocycles. The normalized spacial score (nSPS) is 19.8. The maximum atomic E-state index is 9.87. The van der Waals surface area contributed by atoms with Gasteiger partial charge in [-0.1, -0.05) is 24.3 Å². The first-order valence-corrected chi connectivity index (χ1v) is 25.6. The Morgan fingerprint density at radius 3 is 1.02 bits per heavy atom. The van der Waals surface area contributed by atoms with Gasteiger partial charge in [-0.05, 0) is 82.9 Å². The van der Waals surface area contributed by atoms with Gasteiger partial charge in [-0.25, -0.2) is 0 Å². The van der Waals surface area contributed by atoms with Gasteiger partial charge in [0.2, 0.25) is 0 Å². The number of rotatable bonds is 10. The first kappa shape index (κ1) is 50.1. The molecule has 0 spiro atoms. The van der Waals surface area contributed by atoms with Crippen LogP contribution in [-0.2, 0) is 0 Å². The topological polar surface area (TPSA) is 99.3 Å². The Morgan fingerprint density at radius 2 is 0.733 bits per heavy atom. The van der Waals surface area contributed by atoms with Crippen LogP contribution in [0.15, 0.2) is 48.5 Å². The fourth-order valence-electron chi connectivity index (χ4n) is 6.89. The minimum atomic E-state index is -10.7. The van der Waals surface area contributed by atoms with Crippen LogP contribution in [-0.4, -0.2) is 140 Å². The Kier molecular flexibility index (Phi) is 14.1. The molecule has 0 radical (unpaired) electrons. The number of benzene rings is 2. The van der Waals surface area contributed by atoms with Gasteiger partial charge in [-0.3, -0.25) is 0 Å². The van der Waals surface area contributed by atoms with Crippen LogP contribution in [0.5, 0.6) is 0 Å². The Hall–Kier alpha value is -2.52. The van der Waals surface area contributed by atoms with Crippen LogP contribution in [0.25, 0.3) is 22.1 Å². The Balaban J connectivity index is 0.000000206. The first-order chi connectivity index (χ1) is 27.2. The van der Waals surface area contributed by atoms with E-state index in [2.05, 4.69) is 54.7 Å². The van der Waals surface area contributed by atoms with Gasteiger partial charge >= 0.3 is 81.9 Å². The molecule has 3 aliphatic rings. The molecule has 7 rings (SSSR count). The second-order valence-corrected chi connectivity index (χ2v) is 24.8. The third-order valence-corrected chi connectivity index (χ3v) is 16.2. The number of para-hydroxylation sites is 2. The summed E-state index contributed by atoms with van der Waals surface area (Å²) in [5.74, 6) is 0. The first-order valence-electron chi connectivity index (χ1n) is 18.4. The average molecular weight is 963 g/mol. The van der Waals surface area contributed by atoms with Gasteiger partial charge in [0.05, 0.1) is 0 Å². The van der Waals surface area contributed by atoms with Crippen LogP contribution >= 0.6 is 31.5 Å². The van der Waals surface area contributed by atoms with E-state index >= 15 is 0 Å². The molecule has 3 fully saturated rings. The molecular formula is C30H50F12N12O2P4. The maximum absolute atomic E-state index is 10.7. The van der Waals surface area contributed by atoms with Gasteiger partial charge in [0, 0.05) is 81.6 Å². The molecule has 3 aliphatic heterocycles. The summed E-state index contributed by atoms with van der Waals surface area (Å²) in [5.41, 5.74) is 3.55. The molecule has 0 amide bonds. The summed E-state index contributed by atoms with van der Waals surface area (Å²) in [6.07, 6.45) is 7.61. The standard InChI is InChI=1S/C18H28N6OP.C12H22N6OP.2F6P/c1-2-10-18-17(9-1)19-20-24(18)25-26(21-11-3-4-12-21,22-13-5-6-14-22)23-15-7-8-16-23;1-15(2)20(16(3)4,17(5)6)19-18-12-10-8-7-9-11(12)13-14-18;2*1-7(2,3,4,5)6/h1-2,9-10H,3-8,11-16H2;7-10H,1-6H3;;/q2*+1;2*-1. The number of hydrogen-bond donors (Lipinski definition) is 0. The molecule has 0 bridgehead atoms. The molecule has 5 heterocycles. The van der Waals surface area contributed by atoms with Crippen molar-refractivity contribution in [2.24, 2.45) is 0 Å². The van der Waals surface area contributed by atoms with Crippen LogP contribution in [0, 0.1) is 0 Å². The van der Waals surface area contributed by atoms with Crippen LogP contribution in [0.2, 0.25) is 0 Å². The van der Waals surface area contributed by atoms with E-state index in [4.69, 9.17) is 9.25 Å². The van der Waals surface area contributed by atoms with Crippen molar-refractivity contribution < 1.29 is 59.6 Å². The largest absolute Gasteiger partial charge is 0.451 e. The molecule has 3 saturated heterocycles. The molecule has 60 heavy (non-hydrogen) atoms. The SMILES string of the molecule is CN(C)[P+](On1nnc2ccccc21)(N(C)C)N(C)C.F[P-](F)(F)(F)(F)F.F[P-](F)(F)(F)(F)F.c1ccc2c(c1)nnn2O[P+](N1CCCC1)(N1CCCC1)N1CCCC1. The van der Waals surface area contributed by atoms with Crippen molar-refractivity contribution in [3.63, 3.8) is 0 Å². The van der Waals surface area contributed by atoms with E-state index in [1.807, 2.05) is 84.8 Å². The molecule has 0 saturated carbocycles. The third-order valence-electron chi connectivity index (χ3n) is 8.93. The third kappa shape index (κ3) is 15.1. The molecule has 30 heteroatoms. The summed E-state index contributed by atoms with van der Waals surface area (Å²) in [6, 6.07) is 15.9. The zero-order valence-electron chi connectivity index (χ0n) is 33.6. The van der Waals surface area contributed by atoms with E-state index in [9.17, 15) is 50.4 Å². The van der Waals surface area contributed by atoms with Crippen LogP contribution in [0.4, 0.5) is 50.4 Å². The van der Waals surface area contributed by atoms with Crippen molar-refractivity contribution >= 4 is 53.6 Å². The van der Waals surface area contributed by atoms with Crippen LogP contribution < -0.4 is 9.25 Å². The quantitative estimate of drug-likeness (QED) is 0.112. The number of hydrogen-bond acceptors (Lipinski definition) is 12. The molecule has 14 nitrogen and oxygen atoms in total. The molecule has 0 aliphatic carbocycles. The monoisotopic (exact) mass is 962 g/mol. The Labute approximate surface area is 339 Å². The molecule has 0 atom stereocenters. The predicted octanol–water partition coefficient (Wildman–Crippen LogP) is 10.8. The summed E-state index contributed by atoms with van der Waals surface area (Å²) in [7, 11) is -13.5. The predicted molar refractivity (Wildman–Crippen MR) is 213 cm³/mol. The summed E-state index contributed by atoms with van der Waals surface area (Å²) in [6.45, 7) is 6.79. The van der Waals surface area contributed by atoms with Crippen molar-refractivity contribution in [3.05, 3.63) is 48.5 Å². The van der Waals surface area contributed by atoms with E-state index in [1.165, 1.54) is 43.4 Å².